The van der Waals surface area contributed by atoms with E-state index in [2.05, 4.69) is 6.92 Å². The zero-order valence-electron chi connectivity index (χ0n) is 15.7. The molecule has 0 N–H and O–H groups in total. The zero-order chi connectivity index (χ0) is 19.4. The molecule has 1 fully saturated rings. The number of halogens is 4. The first-order valence-electron chi connectivity index (χ1n) is 9.91. The van der Waals surface area contributed by atoms with Gasteiger partial charge in [0, 0.05) is 0 Å². The first-order valence-corrected chi connectivity index (χ1v) is 10.3. The molecular weight excluding hydrogens is 369 g/mol. The second kappa shape index (κ2) is 9.14. The van der Waals surface area contributed by atoms with Gasteiger partial charge in [-0.2, -0.15) is 0 Å². The van der Waals surface area contributed by atoms with Crippen molar-refractivity contribution in [1.29, 1.82) is 0 Å². The molecule has 1 saturated carbocycles. The van der Waals surface area contributed by atoms with Crippen LogP contribution >= 0.6 is 11.6 Å². The van der Waals surface area contributed by atoms with Crippen molar-refractivity contribution in [3.63, 3.8) is 0 Å². The van der Waals surface area contributed by atoms with Crippen LogP contribution in [0, 0.1) is 29.3 Å². The quantitative estimate of drug-likeness (QED) is 0.436. The highest BCUT2D eigenvalue weighted by molar-refractivity contribution is 6.31. The number of benzene rings is 2. The van der Waals surface area contributed by atoms with E-state index in [1.165, 1.54) is 56.7 Å². The van der Waals surface area contributed by atoms with E-state index in [9.17, 15) is 13.2 Å². The Morgan fingerprint density at radius 3 is 2.07 bits per heavy atom. The predicted octanol–water partition coefficient (Wildman–Crippen LogP) is 7.96. The van der Waals surface area contributed by atoms with Crippen LogP contribution in [0.1, 0.15) is 57.4 Å². The van der Waals surface area contributed by atoms with Crippen LogP contribution in [0.4, 0.5) is 13.2 Å². The predicted molar refractivity (Wildman–Crippen MR) is 105 cm³/mol. The van der Waals surface area contributed by atoms with Gasteiger partial charge >= 0.3 is 0 Å². The summed E-state index contributed by atoms with van der Waals surface area (Å²) in [6.07, 6.45) is 8.94. The van der Waals surface area contributed by atoms with Gasteiger partial charge in [0.2, 0.25) is 0 Å². The van der Waals surface area contributed by atoms with Gasteiger partial charge in [-0.1, -0.05) is 69.2 Å². The van der Waals surface area contributed by atoms with Crippen LogP contribution in [-0.2, 0) is 6.42 Å². The van der Waals surface area contributed by atoms with Gasteiger partial charge in [-0.25, -0.2) is 13.2 Å². The zero-order valence-corrected chi connectivity index (χ0v) is 16.5. The lowest BCUT2D eigenvalue weighted by Crippen LogP contribution is -2.15. The summed E-state index contributed by atoms with van der Waals surface area (Å²) in [5, 5.41) is -0.527. The molecule has 0 spiro atoms. The fourth-order valence-electron chi connectivity index (χ4n) is 4.36. The minimum absolute atomic E-state index is 0.317. The summed E-state index contributed by atoms with van der Waals surface area (Å²) in [7, 11) is 0. The first-order chi connectivity index (χ1) is 13.0. The molecule has 0 radical (unpaired) electrons. The van der Waals surface area contributed by atoms with E-state index >= 15 is 0 Å². The van der Waals surface area contributed by atoms with Crippen molar-refractivity contribution in [3.05, 3.63) is 58.4 Å². The van der Waals surface area contributed by atoms with Crippen molar-refractivity contribution in [3.8, 4) is 11.1 Å². The average Bonchev–Trinajstić information content (AvgIpc) is 2.66. The van der Waals surface area contributed by atoms with E-state index in [1.54, 1.807) is 12.1 Å². The van der Waals surface area contributed by atoms with Crippen LogP contribution < -0.4 is 0 Å². The molecule has 3 rings (SSSR count). The third-order valence-corrected chi connectivity index (χ3v) is 6.24. The van der Waals surface area contributed by atoms with Crippen LogP contribution in [0.25, 0.3) is 11.1 Å². The number of rotatable bonds is 6. The molecule has 2 aromatic rings. The molecule has 0 saturated heterocycles. The Morgan fingerprint density at radius 2 is 1.48 bits per heavy atom. The fraction of sp³-hybridized carbons (Fsp3) is 0.478. The molecule has 0 aliphatic heterocycles. The van der Waals surface area contributed by atoms with Gasteiger partial charge < -0.3 is 0 Å². The largest absolute Gasteiger partial charge is 0.207 e. The number of hydrogen-bond donors (Lipinski definition) is 0. The summed E-state index contributed by atoms with van der Waals surface area (Å²) in [5.41, 5.74) is 1.41. The van der Waals surface area contributed by atoms with E-state index in [4.69, 9.17) is 11.6 Å². The third kappa shape index (κ3) is 4.87. The maximum Gasteiger partial charge on any atom is 0.145 e. The molecule has 0 nitrogen and oxygen atoms in total. The molecule has 0 unspecified atom stereocenters. The van der Waals surface area contributed by atoms with Gasteiger partial charge in [0.25, 0.3) is 0 Å². The molecule has 0 bridgehead atoms. The van der Waals surface area contributed by atoms with Crippen LogP contribution in [0.2, 0.25) is 5.02 Å². The molecule has 1 aliphatic carbocycles. The lowest BCUT2D eigenvalue weighted by molar-refractivity contribution is 0.252. The Bertz CT molecular complexity index is 756. The second-order valence-electron chi connectivity index (χ2n) is 7.73. The first kappa shape index (κ1) is 20.3. The van der Waals surface area contributed by atoms with E-state index < -0.39 is 16.7 Å². The van der Waals surface area contributed by atoms with E-state index in [-0.39, 0.29) is 5.82 Å². The van der Waals surface area contributed by atoms with Crippen molar-refractivity contribution in [2.45, 2.75) is 58.3 Å². The molecule has 0 amide bonds. The Hall–Kier alpha value is -1.48. The lowest BCUT2D eigenvalue weighted by Gasteiger charge is -2.28. The summed E-state index contributed by atoms with van der Waals surface area (Å²) in [6.45, 7) is 2.23. The Balaban J connectivity index is 1.75. The van der Waals surface area contributed by atoms with Crippen molar-refractivity contribution in [1.82, 2.24) is 0 Å². The highest BCUT2D eigenvalue weighted by atomic mass is 35.5. The maximum atomic E-state index is 14.5. The van der Waals surface area contributed by atoms with Gasteiger partial charge in [-0.15, -0.1) is 0 Å². The molecule has 2 aromatic carbocycles. The van der Waals surface area contributed by atoms with E-state index in [1.807, 2.05) is 0 Å². The summed E-state index contributed by atoms with van der Waals surface area (Å²) in [4.78, 5) is 0. The second-order valence-corrected chi connectivity index (χ2v) is 8.11. The summed E-state index contributed by atoms with van der Waals surface area (Å²) in [5.74, 6) is -0.519. The molecule has 27 heavy (non-hydrogen) atoms. The van der Waals surface area contributed by atoms with Gasteiger partial charge in [-0.3, -0.25) is 0 Å². The Morgan fingerprint density at radius 1 is 0.889 bits per heavy atom. The molecule has 4 heteroatoms. The monoisotopic (exact) mass is 394 g/mol. The molecule has 1 aliphatic rings. The third-order valence-electron chi connectivity index (χ3n) is 5.88. The molecular formula is C23H26ClF3. The highest BCUT2D eigenvalue weighted by Crippen LogP contribution is 2.36. The summed E-state index contributed by atoms with van der Waals surface area (Å²) < 4.78 is 42.3. The fourth-order valence-corrected chi connectivity index (χ4v) is 4.47. The minimum atomic E-state index is -0.823. The molecule has 0 heterocycles. The highest BCUT2D eigenvalue weighted by Gasteiger charge is 2.22. The molecule has 0 aromatic heterocycles. The normalized spacial score (nSPS) is 20.0. The van der Waals surface area contributed by atoms with Crippen molar-refractivity contribution in [2.75, 3.05) is 0 Å². The average molecular weight is 395 g/mol. The van der Waals surface area contributed by atoms with Crippen LogP contribution in [0.5, 0.6) is 0 Å². The Labute approximate surface area is 164 Å². The molecule has 146 valence electrons. The SMILES string of the molecule is CCC[C@H]1CC[C@H](CCc2c(F)cccc2-c2cc(F)c(Cl)c(F)c2)CC1. The summed E-state index contributed by atoms with van der Waals surface area (Å²) in [6, 6.07) is 7.08. The number of hydrogen-bond acceptors (Lipinski definition) is 0. The van der Waals surface area contributed by atoms with Crippen molar-refractivity contribution in [2.24, 2.45) is 11.8 Å². The van der Waals surface area contributed by atoms with Crippen LogP contribution in [-0.4, -0.2) is 0 Å². The maximum absolute atomic E-state index is 14.5. The van der Waals surface area contributed by atoms with Crippen molar-refractivity contribution < 1.29 is 13.2 Å². The topological polar surface area (TPSA) is 0 Å². The van der Waals surface area contributed by atoms with E-state index in [0.29, 0.717) is 29.0 Å². The standard InChI is InChI=1S/C23H26ClF3/c1-2-4-15-7-9-16(10-8-15)11-12-19-18(5-3-6-20(19)25)17-13-21(26)23(24)22(27)14-17/h3,5-6,13-16H,2,4,7-12H2,1H3/t15-,16-. The van der Waals surface area contributed by atoms with Gasteiger partial charge in [0.1, 0.15) is 22.5 Å². The van der Waals surface area contributed by atoms with Crippen LogP contribution in [0.3, 0.4) is 0 Å². The summed E-state index contributed by atoms with van der Waals surface area (Å²) >= 11 is 5.58. The lowest BCUT2D eigenvalue weighted by atomic mass is 9.77. The van der Waals surface area contributed by atoms with Gasteiger partial charge in [-0.05, 0) is 59.6 Å². The van der Waals surface area contributed by atoms with E-state index in [0.717, 1.165) is 12.3 Å². The molecule has 0 atom stereocenters. The Kier molecular flexibility index (Phi) is 6.86. The van der Waals surface area contributed by atoms with Gasteiger partial charge in [0.05, 0.1) is 0 Å². The smallest absolute Gasteiger partial charge is 0.145 e. The van der Waals surface area contributed by atoms with Crippen molar-refractivity contribution >= 4 is 11.6 Å². The van der Waals surface area contributed by atoms with Gasteiger partial charge in [0.15, 0.2) is 0 Å². The van der Waals surface area contributed by atoms with Crippen LogP contribution in [0.15, 0.2) is 30.3 Å². The minimum Gasteiger partial charge on any atom is -0.207 e.